The Bertz CT molecular complexity index is 948. The minimum atomic E-state index is -0.181. The molecular weight excluding hydrogens is 386 g/mol. The molecule has 1 aromatic carbocycles. The van der Waals surface area contributed by atoms with Gasteiger partial charge in [-0.25, -0.2) is 0 Å². The second kappa shape index (κ2) is 9.19. The molecule has 1 unspecified atom stereocenters. The number of hydrogen-bond donors (Lipinski definition) is 0. The smallest absolute Gasteiger partial charge is 0.240 e. The van der Waals surface area contributed by atoms with E-state index >= 15 is 0 Å². The molecule has 7 nitrogen and oxygen atoms in total. The standard InChI is InChI=1S/C21H23N5O2S/c1-28-15-14-26-19(16-9-11-22-12-10-16)23-24-21(26)29-18-8-5-13-25(20(18)27)17-6-3-2-4-7-17/h2-4,6-7,9-12,18H,5,8,13-15H2,1H3. The van der Waals surface area contributed by atoms with Gasteiger partial charge in [0.25, 0.3) is 0 Å². The molecule has 1 aliphatic heterocycles. The van der Waals surface area contributed by atoms with E-state index in [1.54, 1.807) is 19.5 Å². The van der Waals surface area contributed by atoms with Crippen molar-refractivity contribution in [3.63, 3.8) is 0 Å². The highest BCUT2D eigenvalue weighted by molar-refractivity contribution is 8.00. The zero-order valence-electron chi connectivity index (χ0n) is 16.3. The monoisotopic (exact) mass is 409 g/mol. The van der Waals surface area contributed by atoms with Gasteiger partial charge in [0.1, 0.15) is 0 Å². The third-order valence-corrected chi connectivity index (χ3v) is 6.11. The molecular formula is C21H23N5O2S. The maximum Gasteiger partial charge on any atom is 0.240 e. The summed E-state index contributed by atoms with van der Waals surface area (Å²) in [7, 11) is 1.67. The Labute approximate surface area is 174 Å². The Morgan fingerprint density at radius 3 is 2.69 bits per heavy atom. The number of anilines is 1. The minimum Gasteiger partial charge on any atom is -0.383 e. The summed E-state index contributed by atoms with van der Waals surface area (Å²) in [6.07, 6.45) is 5.26. The zero-order valence-corrected chi connectivity index (χ0v) is 17.1. The van der Waals surface area contributed by atoms with Crippen LogP contribution in [-0.4, -0.2) is 51.2 Å². The number of thioether (sulfide) groups is 1. The van der Waals surface area contributed by atoms with Gasteiger partial charge in [-0.15, -0.1) is 10.2 Å². The highest BCUT2D eigenvalue weighted by Crippen LogP contribution is 2.33. The molecule has 1 saturated heterocycles. The van der Waals surface area contributed by atoms with Crippen LogP contribution in [-0.2, 0) is 16.1 Å². The molecule has 0 saturated carbocycles. The van der Waals surface area contributed by atoms with E-state index < -0.39 is 0 Å². The van der Waals surface area contributed by atoms with Crippen LogP contribution in [0.2, 0.25) is 0 Å². The summed E-state index contributed by atoms with van der Waals surface area (Å²) in [6.45, 7) is 1.91. The largest absolute Gasteiger partial charge is 0.383 e. The van der Waals surface area contributed by atoms with Crippen LogP contribution in [0.5, 0.6) is 0 Å². The number of nitrogens with zero attached hydrogens (tertiary/aromatic N) is 5. The summed E-state index contributed by atoms with van der Waals surface area (Å²) in [4.78, 5) is 19.1. The van der Waals surface area contributed by atoms with E-state index in [0.29, 0.717) is 13.2 Å². The number of benzene rings is 1. The van der Waals surface area contributed by atoms with Gasteiger partial charge in [-0.2, -0.15) is 0 Å². The van der Waals surface area contributed by atoms with Crippen LogP contribution in [0.3, 0.4) is 0 Å². The first-order chi connectivity index (χ1) is 14.3. The van der Waals surface area contributed by atoms with Gasteiger partial charge in [0.15, 0.2) is 11.0 Å². The number of pyridine rings is 1. The van der Waals surface area contributed by atoms with E-state index in [2.05, 4.69) is 15.2 Å². The second-order valence-corrected chi connectivity index (χ2v) is 7.93. The van der Waals surface area contributed by atoms with Crippen LogP contribution in [0.1, 0.15) is 12.8 Å². The molecule has 3 aromatic rings. The van der Waals surface area contributed by atoms with Crippen LogP contribution in [0.4, 0.5) is 5.69 Å². The molecule has 1 aliphatic rings. The Morgan fingerprint density at radius 1 is 1.14 bits per heavy atom. The Morgan fingerprint density at radius 2 is 1.93 bits per heavy atom. The molecule has 3 heterocycles. The molecule has 0 bridgehead atoms. The fraction of sp³-hybridized carbons (Fsp3) is 0.333. The molecule has 29 heavy (non-hydrogen) atoms. The van der Waals surface area contributed by atoms with Gasteiger partial charge < -0.3 is 9.64 Å². The van der Waals surface area contributed by atoms with Gasteiger partial charge in [-0.05, 0) is 37.1 Å². The van der Waals surface area contributed by atoms with E-state index in [9.17, 15) is 4.79 Å². The zero-order chi connectivity index (χ0) is 20.1. The summed E-state index contributed by atoms with van der Waals surface area (Å²) in [5.74, 6) is 0.884. The molecule has 150 valence electrons. The Hall–Kier alpha value is -2.71. The van der Waals surface area contributed by atoms with Gasteiger partial charge in [-0.1, -0.05) is 30.0 Å². The van der Waals surface area contributed by atoms with Crippen molar-refractivity contribution in [2.45, 2.75) is 29.8 Å². The van der Waals surface area contributed by atoms with Crippen molar-refractivity contribution >= 4 is 23.4 Å². The van der Waals surface area contributed by atoms with E-state index in [0.717, 1.165) is 41.6 Å². The Balaban J connectivity index is 1.58. The molecule has 8 heteroatoms. The lowest BCUT2D eigenvalue weighted by Crippen LogP contribution is -2.43. The first-order valence-electron chi connectivity index (χ1n) is 9.63. The van der Waals surface area contributed by atoms with Crippen molar-refractivity contribution in [2.75, 3.05) is 25.2 Å². The van der Waals surface area contributed by atoms with Crippen molar-refractivity contribution in [1.29, 1.82) is 0 Å². The van der Waals surface area contributed by atoms with Crippen molar-refractivity contribution in [3.05, 3.63) is 54.9 Å². The van der Waals surface area contributed by atoms with Crippen LogP contribution >= 0.6 is 11.8 Å². The first-order valence-corrected chi connectivity index (χ1v) is 10.5. The fourth-order valence-corrected chi connectivity index (χ4v) is 4.58. The van der Waals surface area contributed by atoms with E-state index in [4.69, 9.17) is 4.74 Å². The van der Waals surface area contributed by atoms with E-state index in [1.165, 1.54) is 11.8 Å². The van der Waals surface area contributed by atoms with Crippen LogP contribution in [0.25, 0.3) is 11.4 Å². The molecule has 0 N–H and O–H groups in total. The average Bonchev–Trinajstić information content (AvgIpc) is 3.17. The fourth-order valence-electron chi connectivity index (χ4n) is 3.42. The lowest BCUT2D eigenvalue weighted by Gasteiger charge is -2.31. The number of methoxy groups -OCH3 is 1. The van der Waals surface area contributed by atoms with Crippen molar-refractivity contribution in [1.82, 2.24) is 19.7 Å². The number of carbonyl (C=O) groups excluding carboxylic acids is 1. The summed E-state index contributed by atoms with van der Waals surface area (Å²) in [5.41, 5.74) is 1.89. The molecule has 0 aliphatic carbocycles. The maximum absolute atomic E-state index is 13.1. The first kappa shape index (κ1) is 19.6. The highest BCUT2D eigenvalue weighted by atomic mass is 32.2. The normalized spacial score (nSPS) is 16.9. The van der Waals surface area contributed by atoms with Gasteiger partial charge in [0, 0.05) is 37.3 Å². The number of carbonyl (C=O) groups is 1. The predicted molar refractivity (Wildman–Crippen MR) is 113 cm³/mol. The quantitative estimate of drug-likeness (QED) is 0.596. The molecule has 4 rings (SSSR count). The summed E-state index contributed by atoms with van der Waals surface area (Å²) in [5, 5.41) is 9.35. The number of ether oxygens (including phenoxy) is 1. The van der Waals surface area contributed by atoms with Gasteiger partial charge >= 0.3 is 0 Å². The van der Waals surface area contributed by atoms with Crippen LogP contribution in [0, 0.1) is 0 Å². The van der Waals surface area contributed by atoms with Crippen molar-refractivity contribution in [2.24, 2.45) is 0 Å². The number of piperidine rings is 1. The number of aromatic nitrogens is 4. The average molecular weight is 410 g/mol. The molecule has 1 amide bonds. The molecule has 0 spiro atoms. The lowest BCUT2D eigenvalue weighted by molar-refractivity contribution is -0.119. The summed E-state index contributed by atoms with van der Waals surface area (Å²) >= 11 is 1.49. The highest BCUT2D eigenvalue weighted by Gasteiger charge is 2.32. The molecule has 1 atom stereocenters. The second-order valence-electron chi connectivity index (χ2n) is 6.76. The predicted octanol–water partition coefficient (Wildman–Crippen LogP) is 3.27. The van der Waals surface area contributed by atoms with E-state index in [1.807, 2.05) is 51.9 Å². The topological polar surface area (TPSA) is 73.1 Å². The maximum atomic E-state index is 13.1. The van der Waals surface area contributed by atoms with Gasteiger partial charge in [0.05, 0.1) is 18.4 Å². The Kier molecular flexibility index (Phi) is 6.21. The van der Waals surface area contributed by atoms with Crippen molar-refractivity contribution < 1.29 is 9.53 Å². The summed E-state index contributed by atoms with van der Waals surface area (Å²) < 4.78 is 7.30. The number of hydrogen-bond acceptors (Lipinski definition) is 6. The minimum absolute atomic E-state index is 0.124. The van der Waals surface area contributed by atoms with Gasteiger partial charge in [0.2, 0.25) is 5.91 Å². The third-order valence-electron chi connectivity index (χ3n) is 4.88. The molecule has 0 radical (unpaired) electrons. The van der Waals surface area contributed by atoms with E-state index in [-0.39, 0.29) is 11.2 Å². The number of rotatable bonds is 7. The lowest BCUT2D eigenvalue weighted by atomic mass is 10.1. The van der Waals surface area contributed by atoms with Crippen LogP contribution < -0.4 is 4.90 Å². The van der Waals surface area contributed by atoms with Crippen LogP contribution in [0.15, 0.2) is 60.0 Å². The number of amides is 1. The van der Waals surface area contributed by atoms with Gasteiger partial charge in [-0.3, -0.25) is 14.3 Å². The molecule has 2 aromatic heterocycles. The van der Waals surface area contributed by atoms with Crippen molar-refractivity contribution in [3.8, 4) is 11.4 Å². The molecule has 1 fully saturated rings. The SMILES string of the molecule is COCCn1c(SC2CCCN(c3ccccc3)C2=O)nnc1-c1ccncc1. The number of para-hydroxylation sites is 1. The summed E-state index contributed by atoms with van der Waals surface area (Å²) in [6, 6.07) is 13.7. The third kappa shape index (κ3) is 4.33.